The molecule has 1 rings (SSSR count). The Morgan fingerprint density at radius 2 is 2.38 bits per heavy atom. The molecule has 0 radical (unpaired) electrons. The molecule has 0 saturated carbocycles. The highest BCUT2D eigenvalue weighted by Gasteiger charge is 2.12. The van der Waals surface area contributed by atoms with Gasteiger partial charge < -0.3 is 15.1 Å². The van der Waals surface area contributed by atoms with Gasteiger partial charge in [-0.1, -0.05) is 13.8 Å². The molecule has 0 aromatic carbocycles. The van der Waals surface area contributed by atoms with Gasteiger partial charge in [0.25, 0.3) is 0 Å². The van der Waals surface area contributed by atoms with E-state index in [0.29, 0.717) is 19.0 Å². The maximum atomic E-state index is 11.6. The van der Waals surface area contributed by atoms with E-state index < -0.39 is 0 Å². The minimum atomic E-state index is -0.0504. The van der Waals surface area contributed by atoms with Crippen molar-refractivity contribution in [1.82, 2.24) is 15.6 Å². The third kappa shape index (κ3) is 3.66. The fraction of sp³-hybridized carbons (Fsp3) is 0.636. The summed E-state index contributed by atoms with van der Waals surface area (Å²) in [6.07, 6.45) is 2.51. The third-order valence-corrected chi connectivity index (χ3v) is 2.32. The summed E-state index contributed by atoms with van der Waals surface area (Å²) in [5.41, 5.74) is 0. The molecule has 0 aliphatic carbocycles. The normalized spacial score (nSPS) is 12.4. The van der Waals surface area contributed by atoms with Crippen molar-refractivity contribution >= 4 is 5.91 Å². The number of carbonyl (C=O) groups excluding carboxylic acids is 1. The molecule has 5 nitrogen and oxygen atoms in total. The molecular weight excluding hydrogens is 206 g/mol. The number of hydrogen-bond acceptors (Lipinski definition) is 4. The van der Waals surface area contributed by atoms with Gasteiger partial charge in [-0.15, -0.1) is 0 Å². The van der Waals surface area contributed by atoms with E-state index in [4.69, 9.17) is 4.42 Å². The fourth-order valence-electron chi connectivity index (χ4n) is 1.33. The number of aryl methyl sites for hydroxylation is 1. The highest BCUT2D eigenvalue weighted by atomic mass is 16.4. The molecule has 0 aliphatic rings. The summed E-state index contributed by atoms with van der Waals surface area (Å²) < 4.78 is 5.38. The van der Waals surface area contributed by atoms with Crippen molar-refractivity contribution in [2.45, 2.75) is 26.8 Å². The van der Waals surface area contributed by atoms with Crippen molar-refractivity contribution < 1.29 is 9.21 Å². The zero-order valence-electron chi connectivity index (χ0n) is 10.0. The molecule has 5 heteroatoms. The molecule has 0 saturated heterocycles. The first-order valence-electron chi connectivity index (χ1n) is 5.53. The van der Waals surface area contributed by atoms with Crippen LogP contribution in [0.1, 0.15) is 25.5 Å². The van der Waals surface area contributed by atoms with Crippen molar-refractivity contribution in [1.29, 1.82) is 0 Å². The second-order valence-electron chi connectivity index (χ2n) is 3.75. The fourth-order valence-corrected chi connectivity index (χ4v) is 1.33. The van der Waals surface area contributed by atoms with Crippen molar-refractivity contribution in [3.8, 4) is 0 Å². The van der Waals surface area contributed by atoms with Gasteiger partial charge in [0.1, 0.15) is 5.76 Å². The van der Waals surface area contributed by atoms with E-state index in [1.807, 2.05) is 20.9 Å². The highest BCUT2D eigenvalue weighted by molar-refractivity contribution is 5.78. The molecule has 1 amide bonds. The quantitative estimate of drug-likeness (QED) is 0.748. The lowest BCUT2D eigenvalue weighted by atomic mass is 10.1. The lowest BCUT2D eigenvalue weighted by molar-refractivity contribution is -0.124. The van der Waals surface area contributed by atoms with Gasteiger partial charge in [0.15, 0.2) is 0 Å². The smallest absolute Gasteiger partial charge is 0.224 e. The molecule has 1 aromatic heterocycles. The number of carbonyl (C=O) groups is 1. The Hall–Kier alpha value is -1.36. The van der Waals surface area contributed by atoms with Crippen LogP contribution in [0.5, 0.6) is 0 Å². The molecule has 1 heterocycles. The van der Waals surface area contributed by atoms with Gasteiger partial charge in [0.2, 0.25) is 11.8 Å². The van der Waals surface area contributed by atoms with Gasteiger partial charge in [-0.05, 0) is 7.05 Å². The maximum Gasteiger partial charge on any atom is 0.224 e. The summed E-state index contributed by atoms with van der Waals surface area (Å²) in [6, 6.07) is 0. The molecule has 0 fully saturated rings. The Bertz CT molecular complexity index is 336. The summed E-state index contributed by atoms with van der Waals surface area (Å²) in [4.78, 5) is 15.6. The lowest BCUT2D eigenvalue weighted by Gasteiger charge is -2.09. The number of aromatic nitrogens is 1. The summed E-state index contributed by atoms with van der Waals surface area (Å²) in [7, 11) is 1.82. The highest BCUT2D eigenvalue weighted by Crippen LogP contribution is 2.04. The first-order valence-corrected chi connectivity index (χ1v) is 5.53. The number of rotatable bonds is 6. The Morgan fingerprint density at radius 3 is 2.94 bits per heavy atom. The van der Waals surface area contributed by atoms with Gasteiger partial charge in [-0.2, -0.15) is 0 Å². The van der Waals surface area contributed by atoms with Crippen LogP contribution in [0.25, 0.3) is 0 Å². The number of nitrogens with zero attached hydrogens (tertiary/aromatic N) is 1. The predicted octanol–water partition coefficient (Wildman–Crippen LogP) is 0.709. The minimum absolute atomic E-state index is 0.00518. The Kier molecular flexibility index (Phi) is 4.98. The Balaban J connectivity index is 2.36. The number of amides is 1. The second-order valence-corrected chi connectivity index (χ2v) is 3.75. The SMILES string of the molecule is CCc1cnc(CNC(=O)C(C)CNC)o1. The summed E-state index contributed by atoms with van der Waals surface area (Å²) >= 11 is 0. The molecule has 90 valence electrons. The van der Waals surface area contributed by atoms with Crippen LogP contribution in [0.4, 0.5) is 0 Å². The van der Waals surface area contributed by atoms with Gasteiger partial charge in [-0.3, -0.25) is 4.79 Å². The molecule has 16 heavy (non-hydrogen) atoms. The lowest BCUT2D eigenvalue weighted by Crippen LogP contribution is -2.33. The first kappa shape index (κ1) is 12.7. The van der Waals surface area contributed by atoms with Gasteiger partial charge >= 0.3 is 0 Å². The molecule has 0 aliphatic heterocycles. The Morgan fingerprint density at radius 1 is 1.62 bits per heavy atom. The summed E-state index contributed by atoms with van der Waals surface area (Å²) in [5.74, 6) is 1.35. The van der Waals surface area contributed by atoms with Crippen LogP contribution < -0.4 is 10.6 Å². The topological polar surface area (TPSA) is 67.2 Å². The van der Waals surface area contributed by atoms with E-state index in [2.05, 4.69) is 15.6 Å². The molecule has 0 spiro atoms. The zero-order chi connectivity index (χ0) is 12.0. The molecular formula is C11H19N3O2. The van der Waals surface area contributed by atoms with E-state index in [1.54, 1.807) is 6.20 Å². The van der Waals surface area contributed by atoms with Crippen LogP contribution in [0, 0.1) is 5.92 Å². The number of oxazole rings is 1. The zero-order valence-corrected chi connectivity index (χ0v) is 10.0. The molecule has 0 bridgehead atoms. The van der Waals surface area contributed by atoms with Crippen LogP contribution in [-0.2, 0) is 17.8 Å². The maximum absolute atomic E-state index is 11.6. The number of hydrogen-bond donors (Lipinski definition) is 2. The number of nitrogens with one attached hydrogen (secondary N) is 2. The van der Waals surface area contributed by atoms with Gasteiger partial charge in [0, 0.05) is 18.9 Å². The molecule has 1 unspecified atom stereocenters. The first-order chi connectivity index (χ1) is 7.67. The Labute approximate surface area is 95.6 Å². The van der Waals surface area contributed by atoms with E-state index in [1.165, 1.54) is 0 Å². The standard InChI is InChI=1S/C11H19N3O2/c1-4-9-6-13-10(16-9)7-14-11(15)8(2)5-12-3/h6,8,12H,4-5,7H2,1-3H3,(H,14,15). The van der Waals surface area contributed by atoms with Crippen molar-refractivity contribution in [3.63, 3.8) is 0 Å². The molecule has 1 aromatic rings. The largest absolute Gasteiger partial charge is 0.444 e. The van der Waals surface area contributed by atoms with Crippen molar-refractivity contribution in [2.75, 3.05) is 13.6 Å². The van der Waals surface area contributed by atoms with Crippen LogP contribution in [-0.4, -0.2) is 24.5 Å². The van der Waals surface area contributed by atoms with Crippen LogP contribution in [0.3, 0.4) is 0 Å². The monoisotopic (exact) mass is 225 g/mol. The van der Waals surface area contributed by atoms with E-state index in [9.17, 15) is 4.79 Å². The van der Waals surface area contributed by atoms with E-state index >= 15 is 0 Å². The van der Waals surface area contributed by atoms with Crippen LogP contribution in [0.2, 0.25) is 0 Å². The minimum Gasteiger partial charge on any atom is -0.444 e. The van der Waals surface area contributed by atoms with E-state index in [0.717, 1.165) is 12.2 Å². The van der Waals surface area contributed by atoms with Crippen LogP contribution in [0.15, 0.2) is 10.6 Å². The third-order valence-electron chi connectivity index (χ3n) is 2.32. The molecule has 1 atom stereocenters. The van der Waals surface area contributed by atoms with Gasteiger partial charge in [0.05, 0.1) is 12.7 Å². The van der Waals surface area contributed by atoms with E-state index in [-0.39, 0.29) is 11.8 Å². The average molecular weight is 225 g/mol. The summed E-state index contributed by atoms with van der Waals surface area (Å²) in [5, 5.41) is 5.75. The van der Waals surface area contributed by atoms with Crippen molar-refractivity contribution in [2.24, 2.45) is 5.92 Å². The van der Waals surface area contributed by atoms with Crippen molar-refractivity contribution in [3.05, 3.63) is 17.8 Å². The predicted molar refractivity (Wildman–Crippen MR) is 60.8 cm³/mol. The van der Waals surface area contributed by atoms with Crippen LogP contribution >= 0.6 is 0 Å². The second kappa shape index (κ2) is 6.27. The summed E-state index contributed by atoms with van der Waals surface area (Å²) in [6.45, 7) is 4.89. The average Bonchev–Trinajstić information content (AvgIpc) is 2.74. The van der Waals surface area contributed by atoms with Gasteiger partial charge in [-0.25, -0.2) is 4.98 Å². The molecule has 2 N–H and O–H groups in total.